The molecule has 0 aromatic heterocycles. The van der Waals surface area contributed by atoms with Crippen molar-refractivity contribution in [3.63, 3.8) is 0 Å². The van der Waals surface area contributed by atoms with Crippen molar-refractivity contribution in [1.29, 1.82) is 0 Å². The Morgan fingerprint density at radius 2 is 1.74 bits per heavy atom. The predicted molar refractivity (Wildman–Crippen MR) is 95.3 cm³/mol. The van der Waals surface area contributed by atoms with E-state index >= 15 is 0 Å². The van der Waals surface area contributed by atoms with E-state index in [1.807, 2.05) is 24.4 Å². The van der Waals surface area contributed by atoms with E-state index in [-0.39, 0.29) is 11.9 Å². The van der Waals surface area contributed by atoms with Crippen LogP contribution in [0.15, 0.2) is 72.5 Å². The third-order valence-electron chi connectivity index (χ3n) is 4.45. The summed E-state index contributed by atoms with van der Waals surface area (Å²) in [6.07, 6.45) is 5.96. The molecular formula is C21H20FN. The maximum absolute atomic E-state index is 13.1. The zero-order valence-electron chi connectivity index (χ0n) is 13.4. The van der Waals surface area contributed by atoms with E-state index in [1.165, 1.54) is 28.8 Å². The predicted octanol–water partition coefficient (Wildman–Crippen LogP) is 5.63. The van der Waals surface area contributed by atoms with Gasteiger partial charge >= 0.3 is 0 Å². The summed E-state index contributed by atoms with van der Waals surface area (Å²) in [5.74, 6) is -0.217. The Morgan fingerprint density at radius 3 is 2.43 bits per heavy atom. The number of hydrogen-bond acceptors (Lipinski definition) is 1. The Labute approximate surface area is 136 Å². The maximum Gasteiger partial charge on any atom is 0.123 e. The van der Waals surface area contributed by atoms with E-state index in [1.54, 1.807) is 0 Å². The molecule has 0 spiro atoms. The molecule has 0 bridgehead atoms. The molecule has 2 aromatic carbocycles. The first-order valence-electron chi connectivity index (χ1n) is 7.72. The summed E-state index contributed by atoms with van der Waals surface area (Å²) in [5.41, 5.74) is 6.95. The number of nitrogens with one attached hydrogen (secondary N) is 1. The fourth-order valence-electron chi connectivity index (χ4n) is 2.91. The molecule has 23 heavy (non-hydrogen) atoms. The van der Waals surface area contributed by atoms with Gasteiger partial charge < -0.3 is 5.32 Å². The summed E-state index contributed by atoms with van der Waals surface area (Å²) >= 11 is 0. The van der Waals surface area contributed by atoms with Crippen molar-refractivity contribution in [3.8, 4) is 11.1 Å². The summed E-state index contributed by atoms with van der Waals surface area (Å²) in [5, 5.41) is 3.43. The Bertz CT molecular complexity index is 797. The second-order valence-electron chi connectivity index (χ2n) is 5.85. The Hall–Kier alpha value is -2.61. The zero-order valence-corrected chi connectivity index (χ0v) is 13.4. The fourth-order valence-corrected chi connectivity index (χ4v) is 2.91. The topological polar surface area (TPSA) is 12.0 Å². The Kier molecular flexibility index (Phi) is 4.16. The lowest BCUT2D eigenvalue weighted by atomic mass is 9.88. The van der Waals surface area contributed by atoms with Crippen molar-refractivity contribution in [2.24, 2.45) is 0 Å². The van der Waals surface area contributed by atoms with Crippen molar-refractivity contribution in [2.75, 3.05) is 0 Å². The summed E-state index contributed by atoms with van der Waals surface area (Å²) < 4.78 is 13.1. The Balaban J connectivity index is 2.09. The van der Waals surface area contributed by atoms with Crippen molar-refractivity contribution in [3.05, 3.63) is 89.4 Å². The molecule has 0 amide bonds. The number of dihydropyridines is 1. The van der Waals surface area contributed by atoms with Crippen LogP contribution in [0.1, 0.15) is 31.0 Å². The highest BCUT2D eigenvalue weighted by molar-refractivity contribution is 5.68. The minimum absolute atomic E-state index is 0.133. The van der Waals surface area contributed by atoms with E-state index in [0.717, 1.165) is 16.7 Å². The molecule has 1 aliphatic rings. The van der Waals surface area contributed by atoms with Crippen molar-refractivity contribution in [2.45, 2.75) is 19.9 Å². The van der Waals surface area contributed by atoms with Crippen molar-refractivity contribution in [1.82, 2.24) is 5.32 Å². The van der Waals surface area contributed by atoms with E-state index < -0.39 is 0 Å². The molecule has 0 saturated carbocycles. The van der Waals surface area contributed by atoms with Gasteiger partial charge in [-0.2, -0.15) is 0 Å². The van der Waals surface area contributed by atoms with Crippen molar-refractivity contribution >= 4 is 6.08 Å². The minimum Gasteiger partial charge on any atom is -0.380 e. The zero-order chi connectivity index (χ0) is 16.4. The van der Waals surface area contributed by atoms with Gasteiger partial charge in [-0.05, 0) is 77.7 Å². The van der Waals surface area contributed by atoms with Gasteiger partial charge in [-0.25, -0.2) is 4.39 Å². The maximum atomic E-state index is 13.1. The first-order chi connectivity index (χ1) is 11.1. The molecule has 1 unspecified atom stereocenters. The molecule has 0 fully saturated rings. The van der Waals surface area contributed by atoms with Gasteiger partial charge in [0.05, 0.1) is 6.04 Å². The monoisotopic (exact) mass is 305 g/mol. The van der Waals surface area contributed by atoms with Crippen LogP contribution in [0.4, 0.5) is 4.39 Å². The van der Waals surface area contributed by atoms with Crippen LogP contribution >= 0.6 is 0 Å². The number of halogens is 1. The largest absolute Gasteiger partial charge is 0.380 e. The van der Waals surface area contributed by atoms with Gasteiger partial charge in [-0.3, -0.25) is 0 Å². The number of allylic oxidation sites excluding steroid dienone is 2. The van der Waals surface area contributed by atoms with Crippen LogP contribution in [0.3, 0.4) is 0 Å². The van der Waals surface area contributed by atoms with E-state index in [2.05, 4.69) is 50.0 Å². The van der Waals surface area contributed by atoms with Gasteiger partial charge in [-0.1, -0.05) is 36.9 Å². The van der Waals surface area contributed by atoms with Gasteiger partial charge in [0, 0.05) is 0 Å². The van der Waals surface area contributed by atoms with Gasteiger partial charge in [-0.15, -0.1) is 0 Å². The lowest BCUT2D eigenvalue weighted by Crippen LogP contribution is -2.21. The van der Waals surface area contributed by atoms with Gasteiger partial charge in [0.25, 0.3) is 0 Å². The molecule has 3 rings (SSSR count). The summed E-state index contributed by atoms with van der Waals surface area (Å²) in [7, 11) is 0. The molecule has 0 radical (unpaired) electrons. The Morgan fingerprint density at radius 1 is 1.04 bits per heavy atom. The third-order valence-corrected chi connectivity index (χ3v) is 4.45. The summed E-state index contributed by atoms with van der Waals surface area (Å²) in [6, 6.07) is 13.0. The summed E-state index contributed by atoms with van der Waals surface area (Å²) in [4.78, 5) is 0. The second-order valence-corrected chi connectivity index (χ2v) is 5.85. The average Bonchev–Trinajstić information content (AvgIpc) is 2.57. The number of benzene rings is 2. The molecule has 1 aliphatic heterocycles. The highest BCUT2D eigenvalue weighted by Crippen LogP contribution is 2.33. The highest BCUT2D eigenvalue weighted by Gasteiger charge is 2.19. The highest BCUT2D eigenvalue weighted by atomic mass is 19.1. The lowest BCUT2D eigenvalue weighted by Gasteiger charge is -2.26. The van der Waals surface area contributed by atoms with Crippen LogP contribution in [0.25, 0.3) is 17.2 Å². The fraction of sp³-hybridized carbons (Fsp3) is 0.143. The molecular weight excluding hydrogens is 285 g/mol. The summed E-state index contributed by atoms with van der Waals surface area (Å²) in [6.45, 7) is 8.20. The molecule has 1 N–H and O–H groups in total. The standard InChI is InChI=1S/C21H20FN/c1-4-16-5-6-18(17-7-9-19(22)10-8-17)13-20(16)21-15(3)14(2)11-12-23-21/h4-13,21,23H,1H2,2-3H3. The van der Waals surface area contributed by atoms with Crippen LogP contribution in [0.2, 0.25) is 0 Å². The first-order valence-corrected chi connectivity index (χ1v) is 7.72. The SMILES string of the molecule is C=Cc1ccc(-c2ccc(F)cc2)cc1C1NC=CC(C)=C1C. The molecule has 116 valence electrons. The van der Waals surface area contributed by atoms with E-state index in [9.17, 15) is 4.39 Å². The molecule has 2 heteroatoms. The quantitative estimate of drug-likeness (QED) is 0.775. The number of hydrogen-bond donors (Lipinski definition) is 1. The van der Waals surface area contributed by atoms with Gasteiger partial charge in [0.15, 0.2) is 0 Å². The van der Waals surface area contributed by atoms with Crippen LogP contribution in [0, 0.1) is 5.82 Å². The molecule has 2 aromatic rings. The van der Waals surface area contributed by atoms with Crippen LogP contribution in [-0.4, -0.2) is 0 Å². The second kappa shape index (κ2) is 6.25. The van der Waals surface area contributed by atoms with Crippen LogP contribution in [0.5, 0.6) is 0 Å². The molecule has 1 heterocycles. The normalized spacial score (nSPS) is 17.1. The number of rotatable bonds is 3. The molecule has 1 atom stereocenters. The molecule has 1 nitrogen and oxygen atoms in total. The van der Waals surface area contributed by atoms with Gasteiger partial charge in [0.1, 0.15) is 5.82 Å². The smallest absolute Gasteiger partial charge is 0.123 e. The van der Waals surface area contributed by atoms with E-state index in [0.29, 0.717) is 0 Å². The molecule has 0 aliphatic carbocycles. The molecule has 0 saturated heterocycles. The van der Waals surface area contributed by atoms with Crippen LogP contribution < -0.4 is 5.32 Å². The van der Waals surface area contributed by atoms with E-state index in [4.69, 9.17) is 0 Å². The van der Waals surface area contributed by atoms with Crippen molar-refractivity contribution < 1.29 is 4.39 Å². The minimum atomic E-state index is -0.217. The van der Waals surface area contributed by atoms with Gasteiger partial charge in [0.2, 0.25) is 0 Å². The third kappa shape index (κ3) is 2.98. The van der Waals surface area contributed by atoms with Crippen LogP contribution in [-0.2, 0) is 0 Å². The average molecular weight is 305 g/mol. The first kappa shape index (κ1) is 15.3. The lowest BCUT2D eigenvalue weighted by molar-refractivity contribution is 0.628.